The summed E-state index contributed by atoms with van der Waals surface area (Å²) < 4.78 is 1.77. The average Bonchev–Trinajstić information content (AvgIpc) is 2.89. The number of rotatable bonds is 3. The monoisotopic (exact) mass is 320 g/mol. The molecule has 0 aliphatic heterocycles. The van der Waals surface area contributed by atoms with Gasteiger partial charge in [0.2, 0.25) is 0 Å². The molecule has 122 valence electrons. The largest absolute Gasteiger partial charge is 0.322 e. The van der Waals surface area contributed by atoms with Crippen LogP contribution in [0.1, 0.15) is 33.1 Å². The normalized spacial score (nSPS) is 10.7. The number of hydrogen-bond acceptors (Lipinski definition) is 3. The van der Waals surface area contributed by atoms with Crippen molar-refractivity contribution in [2.24, 2.45) is 0 Å². The van der Waals surface area contributed by atoms with Gasteiger partial charge in [0, 0.05) is 11.3 Å². The molecule has 0 saturated carbocycles. The fourth-order valence-corrected chi connectivity index (χ4v) is 2.58. The Morgan fingerprint density at radius 1 is 1.00 bits per heavy atom. The molecule has 0 fully saturated rings. The van der Waals surface area contributed by atoms with Crippen LogP contribution in [0.5, 0.6) is 0 Å². The van der Waals surface area contributed by atoms with Crippen LogP contribution in [-0.4, -0.2) is 20.7 Å². The SMILES string of the molecule is Cc1ccc(C)c(NC(=O)c2ccc(-n3nc(C)nc3C)cc2)c1. The van der Waals surface area contributed by atoms with E-state index in [1.54, 1.807) is 16.8 Å². The van der Waals surface area contributed by atoms with Gasteiger partial charge in [0.05, 0.1) is 5.69 Å². The fourth-order valence-electron chi connectivity index (χ4n) is 2.58. The average molecular weight is 320 g/mol. The number of hydrogen-bond donors (Lipinski definition) is 1. The first-order valence-corrected chi connectivity index (χ1v) is 7.83. The number of anilines is 1. The van der Waals surface area contributed by atoms with E-state index in [4.69, 9.17) is 0 Å². The summed E-state index contributed by atoms with van der Waals surface area (Å²) in [6.07, 6.45) is 0. The number of carbonyl (C=O) groups is 1. The van der Waals surface area contributed by atoms with E-state index in [9.17, 15) is 4.79 Å². The Bertz CT molecular complexity index is 894. The maximum Gasteiger partial charge on any atom is 0.255 e. The lowest BCUT2D eigenvalue weighted by Crippen LogP contribution is -2.13. The van der Waals surface area contributed by atoms with Gasteiger partial charge < -0.3 is 5.32 Å². The minimum absolute atomic E-state index is 0.123. The first-order chi connectivity index (χ1) is 11.4. The van der Waals surface area contributed by atoms with E-state index in [0.29, 0.717) is 5.56 Å². The predicted octanol–water partition coefficient (Wildman–Crippen LogP) is 3.75. The summed E-state index contributed by atoms with van der Waals surface area (Å²) in [6, 6.07) is 13.4. The smallest absolute Gasteiger partial charge is 0.255 e. The summed E-state index contributed by atoms with van der Waals surface area (Å²) >= 11 is 0. The molecule has 1 amide bonds. The van der Waals surface area contributed by atoms with E-state index in [1.807, 2.05) is 58.0 Å². The topological polar surface area (TPSA) is 59.8 Å². The highest BCUT2D eigenvalue weighted by Gasteiger charge is 2.10. The second-order valence-corrected chi connectivity index (χ2v) is 5.94. The Balaban J connectivity index is 1.81. The van der Waals surface area contributed by atoms with Crippen LogP contribution in [0.3, 0.4) is 0 Å². The number of aromatic nitrogens is 3. The van der Waals surface area contributed by atoms with Crippen LogP contribution < -0.4 is 5.32 Å². The van der Waals surface area contributed by atoms with Crippen LogP contribution in [0.2, 0.25) is 0 Å². The number of carbonyl (C=O) groups excluding carboxylic acids is 1. The molecule has 2 aromatic carbocycles. The van der Waals surface area contributed by atoms with E-state index in [1.165, 1.54) is 0 Å². The highest BCUT2D eigenvalue weighted by Crippen LogP contribution is 2.18. The highest BCUT2D eigenvalue weighted by atomic mass is 16.1. The van der Waals surface area contributed by atoms with Crippen molar-refractivity contribution < 1.29 is 4.79 Å². The molecule has 1 aromatic heterocycles. The third kappa shape index (κ3) is 3.20. The van der Waals surface area contributed by atoms with Crippen molar-refractivity contribution >= 4 is 11.6 Å². The van der Waals surface area contributed by atoms with Crippen molar-refractivity contribution in [3.63, 3.8) is 0 Å². The number of amides is 1. The molecule has 1 N–H and O–H groups in total. The van der Waals surface area contributed by atoms with Crippen LogP contribution in [0.4, 0.5) is 5.69 Å². The summed E-state index contributed by atoms with van der Waals surface area (Å²) in [7, 11) is 0. The van der Waals surface area contributed by atoms with Crippen LogP contribution in [0.25, 0.3) is 5.69 Å². The first kappa shape index (κ1) is 15.9. The zero-order valence-corrected chi connectivity index (χ0v) is 14.3. The second-order valence-electron chi connectivity index (χ2n) is 5.94. The third-order valence-electron chi connectivity index (χ3n) is 3.89. The van der Waals surface area contributed by atoms with Crippen LogP contribution >= 0.6 is 0 Å². The van der Waals surface area contributed by atoms with Gasteiger partial charge in [-0.3, -0.25) is 4.79 Å². The van der Waals surface area contributed by atoms with Crippen LogP contribution in [-0.2, 0) is 0 Å². The summed E-state index contributed by atoms with van der Waals surface area (Å²) in [5, 5.41) is 7.32. The lowest BCUT2D eigenvalue weighted by Gasteiger charge is -2.10. The van der Waals surface area contributed by atoms with Crippen molar-refractivity contribution in [3.8, 4) is 5.69 Å². The van der Waals surface area contributed by atoms with Gasteiger partial charge >= 0.3 is 0 Å². The number of nitrogens with one attached hydrogen (secondary N) is 1. The fraction of sp³-hybridized carbons (Fsp3) is 0.211. The number of benzene rings is 2. The molecule has 0 aliphatic rings. The quantitative estimate of drug-likeness (QED) is 0.799. The molecule has 1 heterocycles. The zero-order valence-electron chi connectivity index (χ0n) is 14.3. The first-order valence-electron chi connectivity index (χ1n) is 7.83. The van der Waals surface area contributed by atoms with Gasteiger partial charge in [-0.2, -0.15) is 5.10 Å². The van der Waals surface area contributed by atoms with Crippen molar-refractivity contribution in [1.29, 1.82) is 0 Å². The Kier molecular flexibility index (Phi) is 4.16. The molecule has 3 aromatic rings. The summed E-state index contributed by atoms with van der Waals surface area (Å²) in [4.78, 5) is 16.7. The minimum atomic E-state index is -0.123. The third-order valence-corrected chi connectivity index (χ3v) is 3.89. The van der Waals surface area contributed by atoms with Crippen LogP contribution in [0, 0.1) is 27.7 Å². The van der Waals surface area contributed by atoms with Gasteiger partial charge in [-0.05, 0) is 69.2 Å². The predicted molar refractivity (Wildman–Crippen MR) is 94.7 cm³/mol. The maximum absolute atomic E-state index is 12.5. The molecule has 3 rings (SSSR count). The molecule has 0 saturated heterocycles. The molecule has 24 heavy (non-hydrogen) atoms. The molecule has 0 bridgehead atoms. The Labute approximate surface area is 141 Å². The molecular weight excluding hydrogens is 300 g/mol. The number of nitrogens with zero attached hydrogens (tertiary/aromatic N) is 3. The molecule has 0 radical (unpaired) electrons. The van der Waals surface area contributed by atoms with Gasteiger partial charge in [0.1, 0.15) is 11.6 Å². The van der Waals surface area contributed by atoms with Crippen molar-refractivity contribution in [1.82, 2.24) is 14.8 Å². The van der Waals surface area contributed by atoms with E-state index in [2.05, 4.69) is 15.4 Å². The highest BCUT2D eigenvalue weighted by molar-refractivity contribution is 6.04. The molecule has 5 heteroatoms. The van der Waals surface area contributed by atoms with Gasteiger partial charge in [0.15, 0.2) is 0 Å². The molecule has 0 atom stereocenters. The van der Waals surface area contributed by atoms with Crippen molar-refractivity contribution in [2.75, 3.05) is 5.32 Å². The van der Waals surface area contributed by atoms with Gasteiger partial charge in [0.25, 0.3) is 5.91 Å². The summed E-state index contributed by atoms with van der Waals surface area (Å²) in [6.45, 7) is 7.75. The van der Waals surface area contributed by atoms with Gasteiger partial charge in [-0.1, -0.05) is 12.1 Å². The molecule has 5 nitrogen and oxygen atoms in total. The Morgan fingerprint density at radius 2 is 1.71 bits per heavy atom. The standard InChI is InChI=1S/C19H20N4O/c1-12-5-6-13(2)18(11-12)21-19(24)16-7-9-17(10-8-16)23-15(4)20-14(3)22-23/h5-11H,1-4H3,(H,21,24). The molecule has 0 aliphatic carbocycles. The van der Waals surface area contributed by atoms with Crippen molar-refractivity contribution in [2.45, 2.75) is 27.7 Å². The van der Waals surface area contributed by atoms with Crippen LogP contribution in [0.15, 0.2) is 42.5 Å². The van der Waals surface area contributed by atoms with E-state index < -0.39 is 0 Å². The molecule has 0 unspecified atom stereocenters. The zero-order chi connectivity index (χ0) is 17.3. The lowest BCUT2D eigenvalue weighted by molar-refractivity contribution is 0.102. The van der Waals surface area contributed by atoms with Crippen molar-refractivity contribution in [3.05, 3.63) is 70.8 Å². The number of aryl methyl sites for hydroxylation is 4. The second kappa shape index (κ2) is 6.28. The van der Waals surface area contributed by atoms with E-state index >= 15 is 0 Å². The van der Waals surface area contributed by atoms with E-state index in [0.717, 1.165) is 34.2 Å². The maximum atomic E-state index is 12.5. The molecular formula is C19H20N4O. The lowest BCUT2D eigenvalue weighted by atomic mass is 10.1. The molecule has 0 spiro atoms. The van der Waals surface area contributed by atoms with Gasteiger partial charge in [-0.25, -0.2) is 9.67 Å². The van der Waals surface area contributed by atoms with E-state index in [-0.39, 0.29) is 5.91 Å². The van der Waals surface area contributed by atoms with Gasteiger partial charge in [-0.15, -0.1) is 0 Å². The Hall–Kier alpha value is -2.95. The minimum Gasteiger partial charge on any atom is -0.322 e. The Morgan fingerprint density at radius 3 is 2.33 bits per heavy atom. The summed E-state index contributed by atoms with van der Waals surface area (Å²) in [5.74, 6) is 1.42. The summed E-state index contributed by atoms with van der Waals surface area (Å²) in [5.41, 5.74) is 4.49.